The second kappa shape index (κ2) is 11.1. The Morgan fingerprint density at radius 1 is 1.04 bits per heavy atom. The molecule has 1 aliphatic carbocycles. The van der Waals surface area contributed by atoms with Gasteiger partial charge in [-0.05, 0) is 42.5 Å². The zero-order chi connectivity index (χ0) is 18.2. The van der Waals surface area contributed by atoms with Gasteiger partial charge in [0.15, 0.2) is 5.96 Å². The number of carbonyl (C=O) groups is 1. The van der Waals surface area contributed by atoms with Crippen molar-refractivity contribution in [3.05, 3.63) is 48.0 Å². The number of nitrogens with zero attached hydrogens (tertiary/aromatic N) is 1. The molecule has 0 atom stereocenters. The molecule has 1 saturated carbocycles. The molecular weight excluding hydrogens is 451 g/mol. The van der Waals surface area contributed by atoms with E-state index in [0.29, 0.717) is 13.1 Å². The molecule has 2 aromatic rings. The van der Waals surface area contributed by atoms with Crippen LogP contribution < -0.4 is 16.0 Å². The minimum absolute atomic E-state index is 0. The first-order valence-corrected chi connectivity index (χ1v) is 9.54. The van der Waals surface area contributed by atoms with Gasteiger partial charge in [0.2, 0.25) is 5.91 Å². The van der Waals surface area contributed by atoms with Gasteiger partial charge in [-0.2, -0.15) is 0 Å². The molecular formula is C21H29IN4O. The lowest BCUT2D eigenvalue weighted by molar-refractivity contribution is -0.122. The van der Waals surface area contributed by atoms with Gasteiger partial charge in [-0.1, -0.05) is 42.5 Å². The summed E-state index contributed by atoms with van der Waals surface area (Å²) in [6.07, 6.45) is 2.98. The first-order valence-electron chi connectivity index (χ1n) is 9.54. The van der Waals surface area contributed by atoms with E-state index < -0.39 is 0 Å². The summed E-state index contributed by atoms with van der Waals surface area (Å²) in [7, 11) is 0. The highest BCUT2D eigenvalue weighted by Crippen LogP contribution is 2.28. The molecule has 3 N–H and O–H groups in total. The monoisotopic (exact) mass is 480 g/mol. The summed E-state index contributed by atoms with van der Waals surface area (Å²) in [5, 5.41) is 12.0. The smallest absolute Gasteiger partial charge is 0.223 e. The van der Waals surface area contributed by atoms with E-state index in [4.69, 9.17) is 0 Å². The zero-order valence-corrected chi connectivity index (χ0v) is 18.2. The number of rotatable bonds is 8. The number of carbonyl (C=O) groups excluding carboxylic acids is 1. The van der Waals surface area contributed by atoms with E-state index in [1.807, 2.05) is 0 Å². The molecule has 0 saturated heterocycles. The van der Waals surface area contributed by atoms with E-state index in [1.165, 1.54) is 16.3 Å². The molecule has 6 heteroatoms. The van der Waals surface area contributed by atoms with E-state index in [-0.39, 0.29) is 35.8 Å². The third kappa shape index (κ3) is 7.01. The molecule has 0 heterocycles. The van der Waals surface area contributed by atoms with Crippen LogP contribution in [0.15, 0.2) is 47.5 Å². The summed E-state index contributed by atoms with van der Waals surface area (Å²) in [6, 6.07) is 15.0. The molecule has 0 unspecified atom stereocenters. The Balaban J connectivity index is 0.00000261. The van der Waals surface area contributed by atoms with Crippen LogP contribution in [-0.4, -0.2) is 38.0 Å². The van der Waals surface area contributed by atoms with Crippen LogP contribution in [0.2, 0.25) is 0 Å². The number of fused-ring (bicyclic) bond motifs is 1. The van der Waals surface area contributed by atoms with Crippen LogP contribution in [0.5, 0.6) is 0 Å². The average Bonchev–Trinajstić information content (AvgIpc) is 3.50. The maximum atomic E-state index is 11.6. The van der Waals surface area contributed by atoms with Crippen LogP contribution in [0.1, 0.15) is 25.3 Å². The summed E-state index contributed by atoms with van der Waals surface area (Å²) in [5.41, 5.74) is 1.29. The summed E-state index contributed by atoms with van der Waals surface area (Å²) < 4.78 is 0. The van der Waals surface area contributed by atoms with Crippen molar-refractivity contribution in [2.75, 3.05) is 26.2 Å². The van der Waals surface area contributed by atoms with Gasteiger partial charge in [0, 0.05) is 32.1 Å². The van der Waals surface area contributed by atoms with Crippen molar-refractivity contribution in [2.24, 2.45) is 10.9 Å². The predicted molar refractivity (Wildman–Crippen MR) is 123 cm³/mol. The number of amides is 1. The molecule has 146 valence electrons. The van der Waals surface area contributed by atoms with Crippen molar-refractivity contribution in [1.29, 1.82) is 0 Å². The molecule has 27 heavy (non-hydrogen) atoms. The van der Waals surface area contributed by atoms with Crippen LogP contribution in [0.3, 0.4) is 0 Å². The molecule has 1 amide bonds. The lowest BCUT2D eigenvalue weighted by atomic mass is 10.1. The summed E-state index contributed by atoms with van der Waals surface area (Å²) in [4.78, 5) is 16.2. The fourth-order valence-electron chi connectivity index (χ4n) is 2.89. The molecule has 0 bridgehead atoms. The van der Waals surface area contributed by atoms with Gasteiger partial charge in [-0.15, -0.1) is 24.0 Å². The van der Waals surface area contributed by atoms with E-state index in [1.54, 1.807) is 0 Å². The molecule has 1 aliphatic rings. The minimum atomic E-state index is 0. The number of halogens is 1. The quantitative estimate of drug-likeness (QED) is 0.236. The van der Waals surface area contributed by atoms with Gasteiger partial charge in [-0.25, -0.2) is 0 Å². The zero-order valence-electron chi connectivity index (χ0n) is 15.8. The van der Waals surface area contributed by atoms with Crippen LogP contribution in [0.4, 0.5) is 0 Å². The molecule has 0 radical (unpaired) electrons. The fraction of sp³-hybridized carbons (Fsp3) is 0.429. The van der Waals surface area contributed by atoms with E-state index in [2.05, 4.69) is 70.3 Å². The highest BCUT2D eigenvalue weighted by atomic mass is 127. The Bertz CT molecular complexity index is 774. The lowest BCUT2D eigenvalue weighted by Crippen LogP contribution is -2.41. The van der Waals surface area contributed by atoms with Crippen molar-refractivity contribution >= 4 is 46.6 Å². The Labute approximate surface area is 178 Å². The molecule has 3 rings (SSSR count). The Morgan fingerprint density at radius 2 is 1.78 bits per heavy atom. The predicted octanol–water partition coefficient (Wildman–Crippen LogP) is 3.08. The number of benzene rings is 2. The average molecular weight is 480 g/mol. The molecule has 0 aromatic heterocycles. The van der Waals surface area contributed by atoms with E-state index in [9.17, 15) is 4.79 Å². The molecule has 0 aliphatic heterocycles. The Morgan fingerprint density at radius 3 is 2.52 bits per heavy atom. The number of nitrogens with one attached hydrogen (secondary N) is 3. The first kappa shape index (κ1) is 21.5. The van der Waals surface area contributed by atoms with Crippen molar-refractivity contribution in [3.63, 3.8) is 0 Å². The molecule has 2 aromatic carbocycles. The Hall–Kier alpha value is -1.83. The third-order valence-electron chi connectivity index (χ3n) is 4.49. The highest BCUT2D eigenvalue weighted by molar-refractivity contribution is 14.0. The van der Waals surface area contributed by atoms with Crippen molar-refractivity contribution in [1.82, 2.24) is 16.0 Å². The topological polar surface area (TPSA) is 65.5 Å². The maximum Gasteiger partial charge on any atom is 0.223 e. The normalized spacial score (nSPS) is 13.7. The van der Waals surface area contributed by atoms with E-state index >= 15 is 0 Å². The number of hydrogen-bond acceptors (Lipinski definition) is 2. The lowest BCUT2D eigenvalue weighted by Gasteiger charge is -2.12. The second-order valence-corrected chi connectivity index (χ2v) is 6.68. The number of aliphatic imine (C=N–C) groups is 1. The summed E-state index contributed by atoms with van der Waals surface area (Å²) in [5.74, 6) is 1.25. The third-order valence-corrected chi connectivity index (χ3v) is 4.49. The summed E-state index contributed by atoms with van der Waals surface area (Å²) >= 11 is 0. The van der Waals surface area contributed by atoms with Gasteiger partial charge >= 0.3 is 0 Å². The van der Waals surface area contributed by atoms with Crippen molar-refractivity contribution < 1.29 is 4.79 Å². The van der Waals surface area contributed by atoms with Gasteiger partial charge < -0.3 is 16.0 Å². The van der Waals surface area contributed by atoms with Crippen molar-refractivity contribution in [2.45, 2.75) is 26.2 Å². The largest absolute Gasteiger partial charge is 0.357 e. The molecule has 0 spiro atoms. The van der Waals surface area contributed by atoms with Crippen LogP contribution in [-0.2, 0) is 11.2 Å². The van der Waals surface area contributed by atoms with Crippen molar-refractivity contribution in [3.8, 4) is 0 Å². The Kier molecular flexibility index (Phi) is 8.84. The van der Waals surface area contributed by atoms with Gasteiger partial charge in [0.1, 0.15) is 0 Å². The highest BCUT2D eigenvalue weighted by Gasteiger charge is 2.28. The van der Waals surface area contributed by atoms with Gasteiger partial charge in [0.25, 0.3) is 0 Å². The van der Waals surface area contributed by atoms with Crippen LogP contribution in [0.25, 0.3) is 10.8 Å². The van der Waals surface area contributed by atoms with E-state index in [0.717, 1.165) is 38.3 Å². The standard InChI is InChI=1S/C21H28N4O.HI/c1-2-22-21(25-14-13-23-20(26)18-9-10-18)24-12-11-16-7-8-17-5-3-4-6-19(17)15-16;/h3-8,15,18H,2,9-14H2,1H3,(H,23,26)(H2,22,24,25);1H. The van der Waals surface area contributed by atoms with Crippen LogP contribution in [0, 0.1) is 5.92 Å². The molecule has 5 nitrogen and oxygen atoms in total. The van der Waals surface area contributed by atoms with Gasteiger partial charge in [-0.3, -0.25) is 9.79 Å². The first-order chi connectivity index (χ1) is 12.8. The number of guanidine groups is 1. The maximum absolute atomic E-state index is 11.6. The molecule has 1 fully saturated rings. The van der Waals surface area contributed by atoms with Gasteiger partial charge in [0.05, 0.1) is 0 Å². The number of hydrogen-bond donors (Lipinski definition) is 3. The SMILES string of the molecule is CCNC(=NCCc1ccc2ccccc2c1)NCCNC(=O)C1CC1.I. The summed E-state index contributed by atoms with van der Waals surface area (Å²) in [6.45, 7) is 4.90. The van der Waals surface area contributed by atoms with Crippen LogP contribution >= 0.6 is 24.0 Å². The fourth-order valence-corrected chi connectivity index (χ4v) is 2.89. The minimum Gasteiger partial charge on any atom is -0.357 e. The second-order valence-electron chi connectivity index (χ2n) is 6.68.